The Labute approximate surface area is 662 Å². The van der Waals surface area contributed by atoms with E-state index in [1.165, 1.54) is 39.2 Å². The Bertz CT molecular complexity index is 4720. The van der Waals surface area contributed by atoms with E-state index in [2.05, 4.69) is 5.32 Å². The summed E-state index contributed by atoms with van der Waals surface area (Å²) in [4.78, 5) is 148. The van der Waals surface area contributed by atoms with Crippen LogP contribution in [0.2, 0.25) is 0 Å². The smallest absolute Gasteiger partial charge is 0.243 e. The van der Waals surface area contributed by atoms with Crippen molar-refractivity contribution in [1.29, 1.82) is 0 Å². The second-order valence-electron chi connectivity index (χ2n) is 28.4. The van der Waals surface area contributed by atoms with Crippen molar-refractivity contribution >= 4 is 53.2 Å². The summed E-state index contributed by atoms with van der Waals surface area (Å²) in [6, 6.07) is 62.4. The molecule has 9 aromatic carbocycles. The number of hydrogen-bond donors (Lipinski definition) is 2. The minimum absolute atomic E-state index is 0.467. The molecule has 0 spiro atoms. The third-order valence-corrected chi connectivity index (χ3v) is 21.3. The highest BCUT2D eigenvalue weighted by Crippen LogP contribution is 2.34. The quantitative estimate of drug-likeness (QED) is 0.0215. The van der Waals surface area contributed by atoms with E-state index in [4.69, 9.17) is 5.73 Å². The summed E-state index contributed by atoms with van der Waals surface area (Å²) in [6.45, 7) is 8.97. The number of nitrogens with zero attached hydrogens (tertiary/aromatic N) is 8. The van der Waals surface area contributed by atoms with Crippen molar-refractivity contribution in [3.63, 3.8) is 0 Å². The van der Waals surface area contributed by atoms with Crippen LogP contribution in [0.1, 0.15) is 167 Å². The molecule has 0 radical (unpaired) electrons. The fraction of sp³-hybridized carbons (Fsp3) is 0.300. The van der Waals surface area contributed by atoms with Gasteiger partial charge in [0, 0.05) is 11.6 Å². The van der Waals surface area contributed by atoms with E-state index in [1.54, 1.807) is 274 Å². The minimum atomic E-state index is -2.35. The third-order valence-electron chi connectivity index (χ3n) is 21.3. The van der Waals surface area contributed by atoms with Crippen molar-refractivity contribution in [2.75, 3.05) is 58.9 Å². The number of nitrogens with two attached hydrogens (primary N) is 1. The summed E-state index contributed by atoms with van der Waals surface area (Å²) >= 11 is 0. The number of rotatable bonds is 36. The molecule has 0 bridgehead atoms. The van der Waals surface area contributed by atoms with Gasteiger partial charge in [-0.3, -0.25) is 43.2 Å². The molecule has 19 nitrogen and oxygen atoms in total. The normalized spacial score (nSPS) is 13.6. The van der Waals surface area contributed by atoms with Gasteiger partial charge >= 0.3 is 0 Å². The van der Waals surface area contributed by atoms with E-state index in [1.807, 2.05) is 24.3 Å². The molecule has 0 unspecified atom stereocenters. The third kappa shape index (κ3) is 21.5. The van der Waals surface area contributed by atoms with Gasteiger partial charge in [-0.2, -0.15) is 0 Å². The van der Waals surface area contributed by atoms with Crippen molar-refractivity contribution < 1.29 is 65.1 Å². The molecule has 0 fully saturated rings. The van der Waals surface area contributed by atoms with Gasteiger partial charge in [-0.1, -0.05) is 243 Å². The number of carbonyl (C=O) groups is 9. The summed E-state index contributed by atoms with van der Waals surface area (Å²) in [6.07, 6.45) is 0. The second kappa shape index (κ2) is 40.3. The van der Waals surface area contributed by atoms with Gasteiger partial charge in [-0.05, 0) is 107 Å². The Morgan fingerprint density at radius 3 is 0.561 bits per heavy atom. The number of halogens is 5. The molecule has 0 heterocycles. The highest BCUT2D eigenvalue weighted by Gasteiger charge is 2.40. The number of hydrogen-bond acceptors (Lipinski definition) is 10. The molecule has 9 amide bonds. The molecule has 0 aliphatic carbocycles. The van der Waals surface area contributed by atoms with E-state index in [0.29, 0.717) is 44.5 Å². The van der Waals surface area contributed by atoms with Crippen LogP contribution < -0.4 is 11.1 Å². The molecule has 114 heavy (non-hydrogen) atoms. The first-order chi connectivity index (χ1) is 54.6. The lowest BCUT2D eigenvalue weighted by atomic mass is 10.0. The SMILES string of the molecule is C[C@H](NCC(=O)N(CC(=O)N(CC(=O)N(CC(=O)N(CC(=O)N(CC(=O)N(CC(=O)N(CC(=O)N(CC(N)=O)[C@@H](C)c1ccccc1)[C@@H](C)c1ccccc1)[C@@H](C)c1ccccc1)[C@@H](C)c1ccccc1)[C@@H](C)c1ccccc1)[C@@H](C)c1ccccc1)[C@@H](C)c1ccccc1)[C@@H](C)c1ccccc1)c1c(F)c(F)c(F)c(F)c1F. The van der Waals surface area contributed by atoms with Crippen molar-refractivity contribution in [1.82, 2.24) is 44.5 Å². The van der Waals surface area contributed by atoms with Crippen LogP contribution in [0.4, 0.5) is 22.0 Å². The van der Waals surface area contributed by atoms with Gasteiger partial charge in [0.25, 0.3) is 0 Å². The number of carbonyl (C=O) groups excluding carboxylic acids is 9. The molecule has 3 N–H and O–H groups in total. The van der Waals surface area contributed by atoms with Crippen molar-refractivity contribution in [3.05, 3.63) is 322 Å². The molecular formula is C90H97F5N10O9. The molecule has 0 aromatic heterocycles. The first-order valence-corrected chi connectivity index (χ1v) is 37.9. The van der Waals surface area contributed by atoms with E-state index in [0.717, 1.165) is 6.92 Å². The first kappa shape index (κ1) is 85.8. The summed E-state index contributed by atoms with van der Waals surface area (Å²) in [5.41, 5.74) is 9.46. The van der Waals surface area contributed by atoms with Crippen LogP contribution in [0.5, 0.6) is 0 Å². The Morgan fingerprint density at radius 2 is 0.395 bits per heavy atom. The Hall–Kier alpha value is -12.2. The zero-order valence-electron chi connectivity index (χ0n) is 65.4. The summed E-state index contributed by atoms with van der Waals surface area (Å²) in [5.74, 6) is -17.4. The van der Waals surface area contributed by atoms with Gasteiger partial charge in [0.15, 0.2) is 23.3 Å². The van der Waals surface area contributed by atoms with Gasteiger partial charge in [0.1, 0.15) is 45.8 Å². The number of amides is 9. The van der Waals surface area contributed by atoms with Crippen LogP contribution in [0.25, 0.3) is 0 Å². The van der Waals surface area contributed by atoms with Crippen LogP contribution in [-0.2, 0) is 43.2 Å². The summed E-state index contributed by atoms with van der Waals surface area (Å²) in [7, 11) is 0. The maximum absolute atomic E-state index is 16.1. The highest BCUT2D eigenvalue weighted by molar-refractivity contribution is 5.95. The minimum Gasteiger partial charge on any atom is -0.368 e. The second-order valence-corrected chi connectivity index (χ2v) is 28.4. The predicted octanol–water partition coefficient (Wildman–Crippen LogP) is 14.2. The predicted molar refractivity (Wildman–Crippen MR) is 424 cm³/mol. The lowest BCUT2D eigenvalue weighted by Crippen LogP contribution is -2.53. The van der Waals surface area contributed by atoms with Crippen molar-refractivity contribution in [3.8, 4) is 0 Å². The van der Waals surface area contributed by atoms with Crippen LogP contribution in [0.3, 0.4) is 0 Å². The van der Waals surface area contributed by atoms with Gasteiger partial charge < -0.3 is 50.2 Å². The van der Waals surface area contributed by atoms with Gasteiger partial charge in [-0.25, -0.2) is 22.0 Å². The molecule has 9 rings (SSSR count). The average molecular weight is 1560 g/mol. The fourth-order valence-corrected chi connectivity index (χ4v) is 14.1. The summed E-state index contributed by atoms with van der Waals surface area (Å²) < 4.78 is 73.5. The van der Waals surface area contributed by atoms with Gasteiger partial charge in [0.05, 0.1) is 61.4 Å². The number of primary amides is 1. The molecule has 24 heteroatoms. The molecule has 0 saturated heterocycles. The molecular weight excluding hydrogens is 1460 g/mol. The number of benzene rings is 9. The van der Waals surface area contributed by atoms with Gasteiger partial charge in [-0.15, -0.1) is 0 Å². The highest BCUT2D eigenvalue weighted by atomic mass is 19.2. The van der Waals surface area contributed by atoms with Crippen molar-refractivity contribution in [2.45, 2.75) is 117 Å². The van der Waals surface area contributed by atoms with E-state index in [-0.39, 0.29) is 0 Å². The zero-order valence-corrected chi connectivity index (χ0v) is 65.4. The Morgan fingerprint density at radius 1 is 0.246 bits per heavy atom. The monoisotopic (exact) mass is 1560 g/mol. The molecule has 596 valence electrons. The molecule has 0 aliphatic heterocycles. The molecule has 0 saturated carbocycles. The van der Waals surface area contributed by atoms with Crippen LogP contribution in [-0.4, -0.2) is 151 Å². The Kier molecular flexibility index (Phi) is 30.4. The fourth-order valence-electron chi connectivity index (χ4n) is 14.1. The molecule has 9 atom stereocenters. The molecule has 9 aromatic rings. The van der Waals surface area contributed by atoms with Gasteiger partial charge in [0.2, 0.25) is 59.0 Å². The van der Waals surface area contributed by atoms with Crippen LogP contribution in [0.15, 0.2) is 243 Å². The topological polar surface area (TPSA) is 218 Å². The molecule has 0 aliphatic rings. The number of nitrogens with one attached hydrogen (secondary N) is 1. The lowest BCUT2D eigenvalue weighted by molar-refractivity contribution is -0.152. The average Bonchev–Trinajstić information content (AvgIpc) is 0.788. The van der Waals surface area contributed by atoms with E-state index < -0.39 is 201 Å². The first-order valence-electron chi connectivity index (χ1n) is 37.9. The van der Waals surface area contributed by atoms with E-state index in [9.17, 15) is 27.6 Å². The lowest BCUT2D eigenvalue weighted by Gasteiger charge is -2.39. The maximum atomic E-state index is 16.1. The maximum Gasteiger partial charge on any atom is 0.243 e. The summed E-state index contributed by atoms with van der Waals surface area (Å²) in [5, 5.41) is 2.58. The largest absolute Gasteiger partial charge is 0.368 e. The standard InChI is InChI=1S/C90H97F5N10O9/c1-59(85-86(91)88(93)90(95)89(94)87(85)92)97-50-77(107)99(61(3)69-36-20-11-21-37-69)52-79(109)101(63(5)71-40-24-13-25-41-71)54-81(111)103(65(7)73-44-28-15-29-45-73)56-83(113)105(67(9)75-48-32-17-33-49-75)58-84(114)104(66(8)74-46-30-16-31-47-74)57-82(112)102(64(6)72-42-26-14-27-43-72)55-80(110)100(62(4)70-38-22-12-23-39-70)53-78(108)98(51-76(96)106)60(2)68-34-18-10-19-35-68/h10-49,59-67,97H,50-58H2,1-9H3,(H2,96,106)/t59-,60-,61-,62-,63-,64-,65-,66-,67-/m0/s1. The van der Waals surface area contributed by atoms with E-state index >= 15 is 37.5 Å². The van der Waals surface area contributed by atoms with Crippen LogP contribution >= 0.6 is 0 Å². The van der Waals surface area contributed by atoms with Crippen molar-refractivity contribution in [2.24, 2.45) is 5.73 Å². The Balaban J connectivity index is 1.06. The van der Waals surface area contributed by atoms with Crippen LogP contribution in [0, 0.1) is 29.1 Å². The zero-order chi connectivity index (χ0) is 82.4.